The van der Waals surface area contributed by atoms with E-state index in [9.17, 15) is 9.59 Å². The van der Waals surface area contributed by atoms with Crippen molar-refractivity contribution in [3.8, 4) is 0 Å². The van der Waals surface area contributed by atoms with E-state index < -0.39 is 17.5 Å². The zero-order chi connectivity index (χ0) is 19.1. The minimum absolute atomic E-state index is 0.225. The Morgan fingerprint density at radius 3 is 2.12 bits per heavy atom. The molecule has 1 aromatic carbocycles. The number of fused-ring (bicyclic) bond motifs is 1. The summed E-state index contributed by atoms with van der Waals surface area (Å²) in [5, 5.41) is 3.44. The van der Waals surface area contributed by atoms with Gasteiger partial charge in [0, 0.05) is 21.7 Å². The molecule has 1 aromatic rings. The van der Waals surface area contributed by atoms with Crippen LogP contribution in [0, 0.1) is 0 Å². The quantitative estimate of drug-likeness (QED) is 0.449. The summed E-state index contributed by atoms with van der Waals surface area (Å²) in [4.78, 5) is 25.5. The second kappa shape index (κ2) is 7.09. The first-order chi connectivity index (χ1) is 12.3. The monoisotopic (exact) mass is 407 g/mol. The van der Waals surface area contributed by atoms with Crippen molar-refractivity contribution in [2.24, 2.45) is 0 Å². The Hall–Kier alpha value is -1.77. The van der Waals surface area contributed by atoms with Gasteiger partial charge in [-0.3, -0.25) is 0 Å². The zero-order valence-electron chi connectivity index (χ0n) is 14.7. The van der Waals surface area contributed by atoms with E-state index in [1.807, 2.05) is 38.1 Å². The van der Waals surface area contributed by atoms with Gasteiger partial charge in [-0.2, -0.15) is 0 Å². The Balaban J connectivity index is 2.16. The fourth-order valence-corrected chi connectivity index (χ4v) is 5.69. The number of hydrogen-bond acceptors (Lipinski definition) is 8. The Morgan fingerprint density at radius 2 is 1.58 bits per heavy atom. The van der Waals surface area contributed by atoms with Crippen molar-refractivity contribution in [1.29, 1.82) is 0 Å². The van der Waals surface area contributed by atoms with Crippen molar-refractivity contribution in [2.45, 2.75) is 19.4 Å². The van der Waals surface area contributed by atoms with Crippen LogP contribution in [0.25, 0.3) is 5.57 Å². The highest BCUT2D eigenvalue weighted by atomic mass is 32.2. The van der Waals surface area contributed by atoms with E-state index >= 15 is 0 Å². The average molecular weight is 408 g/mol. The lowest BCUT2D eigenvalue weighted by Gasteiger charge is -2.36. The third-order valence-corrected chi connectivity index (χ3v) is 7.25. The first kappa shape index (κ1) is 19.0. The molecular formula is C18H17NO4S3. The van der Waals surface area contributed by atoms with E-state index in [-0.39, 0.29) is 9.81 Å². The Bertz CT molecular complexity index is 856. The number of para-hydroxylation sites is 1. The summed E-state index contributed by atoms with van der Waals surface area (Å²) in [7, 11) is 2.57. The van der Waals surface area contributed by atoms with Crippen molar-refractivity contribution in [3.05, 3.63) is 43.9 Å². The molecule has 26 heavy (non-hydrogen) atoms. The number of ether oxygens (including phenoxy) is 2. The number of anilines is 1. The van der Waals surface area contributed by atoms with E-state index in [1.165, 1.54) is 37.7 Å². The van der Waals surface area contributed by atoms with Gasteiger partial charge >= 0.3 is 11.9 Å². The Morgan fingerprint density at radius 1 is 1.04 bits per heavy atom. The second-order valence-electron chi connectivity index (χ2n) is 6.13. The summed E-state index contributed by atoms with van der Waals surface area (Å²) in [5.74, 6) is -1.13. The van der Waals surface area contributed by atoms with Crippen molar-refractivity contribution < 1.29 is 19.1 Å². The molecule has 0 saturated heterocycles. The highest BCUT2D eigenvalue weighted by molar-refractivity contribution is 8.29. The number of benzene rings is 1. The number of thiocarbonyl (C=S) groups is 1. The van der Waals surface area contributed by atoms with Crippen LogP contribution in [0.4, 0.5) is 5.69 Å². The molecule has 2 aliphatic rings. The van der Waals surface area contributed by atoms with E-state index in [4.69, 9.17) is 21.7 Å². The molecular weight excluding hydrogens is 390 g/mol. The van der Waals surface area contributed by atoms with Crippen molar-refractivity contribution in [3.63, 3.8) is 0 Å². The van der Waals surface area contributed by atoms with Crippen molar-refractivity contribution in [1.82, 2.24) is 0 Å². The molecule has 0 amide bonds. The molecule has 0 aliphatic carbocycles. The fraction of sp³-hybridized carbons (Fsp3) is 0.278. The van der Waals surface area contributed by atoms with Gasteiger partial charge in [-0.05, 0) is 19.9 Å². The number of nitrogens with one attached hydrogen (secondary N) is 1. The highest BCUT2D eigenvalue weighted by Crippen LogP contribution is 2.55. The number of rotatable bonds is 2. The number of methoxy groups -OCH3 is 2. The van der Waals surface area contributed by atoms with Crippen LogP contribution in [0.3, 0.4) is 0 Å². The van der Waals surface area contributed by atoms with Gasteiger partial charge in [-0.25, -0.2) is 9.59 Å². The number of thioether (sulfide) groups is 2. The molecule has 5 nitrogen and oxygen atoms in total. The summed E-state index contributed by atoms with van der Waals surface area (Å²) >= 11 is 8.15. The lowest BCUT2D eigenvalue weighted by atomic mass is 9.86. The number of carbonyl (C=O) groups excluding carboxylic acids is 2. The van der Waals surface area contributed by atoms with Gasteiger partial charge < -0.3 is 14.8 Å². The first-order valence-corrected chi connectivity index (χ1v) is 9.77. The molecule has 2 heterocycles. The fourth-order valence-electron chi connectivity index (χ4n) is 2.70. The number of esters is 2. The lowest BCUT2D eigenvalue weighted by molar-refractivity contribution is -0.138. The van der Waals surface area contributed by atoms with Gasteiger partial charge in [-0.1, -0.05) is 53.9 Å². The van der Waals surface area contributed by atoms with E-state index in [2.05, 4.69) is 5.32 Å². The van der Waals surface area contributed by atoms with Crippen LogP contribution >= 0.6 is 35.7 Å². The SMILES string of the molecule is COC(=O)C1=C(C(=O)OC)SC(=C2C(=S)C(C)(C)Nc3ccccc32)S1. The molecule has 3 rings (SSSR count). The summed E-state index contributed by atoms with van der Waals surface area (Å²) in [6, 6.07) is 7.84. The maximum Gasteiger partial charge on any atom is 0.346 e. The molecule has 0 bridgehead atoms. The smallest absolute Gasteiger partial charge is 0.346 e. The predicted octanol–water partition coefficient (Wildman–Crippen LogP) is 3.97. The van der Waals surface area contributed by atoms with Gasteiger partial charge in [0.05, 0.1) is 24.0 Å². The molecule has 2 aliphatic heterocycles. The molecule has 0 unspecified atom stereocenters. The zero-order valence-corrected chi connectivity index (χ0v) is 17.1. The maximum absolute atomic E-state index is 12.1. The minimum atomic E-state index is -0.564. The van der Waals surface area contributed by atoms with Crippen LogP contribution in [0.15, 0.2) is 38.3 Å². The van der Waals surface area contributed by atoms with Gasteiger partial charge in [-0.15, -0.1) is 0 Å². The maximum atomic E-state index is 12.1. The summed E-state index contributed by atoms with van der Waals surface area (Å²) < 4.78 is 10.4. The topological polar surface area (TPSA) is 64.6 Å². The van der Waals surface area contributed by atoms with Crippen LogP contribution in [-0.2, 0) is 19.1 Å². The summed E-state index contributed by atoms with van der Waals surface area (Å²) in [6.45, 7) is 4.01. The predicted molar refractivity (Wildman–Crippen MR) is 110 cm³/mol. The van der Waals surface area contributed by atoms with Crippen LogP contribution in [0.5, 0.6) is 0 Å². The molecule has 1 N–H and O–H groups in total. The molecule has 0 spiro atoms. The molecule has 0 radical (unpaired) electrons. The van der Waals surface area contributed by atoms with Gasteiger partial charge in [0.25, 0.3) is 0 Å². The largest absolute Gasteiger partial charge is 0.465 e. The lowest BCUT2D eigenvalue weighted by Crippen LogP contribution is -2.43. The van der Waals surface area contributed by atoms with Crippen LogP contribution in [-0.4, -0.2) is 36.6 Å². The molecule has 0 atom stereocenters. The van der Waals surface area contributed by atoms with Crippen LogP contribution in [0.1, 0.15) is 19.4 Å². The number of hydrogen-bond donors (Lipinski definition) is 1. The molecule has 0 saturated carbocycles. The second-order valence-corrected chi connectivity index (χ2v) is 8.84. The standard InChI is InChI=1S/C18H17NO4S3/c1-18(2)14(24)11(9-7-5-6-8-10(9)19-18)17-25-12(15(20)22-3)13(26-17)16(21)23-4/h5-8,19H,1-4H3. The van der Waals surface area contributed by atoms with E-state index in [1.54, 1.807) is 0 Å². The van der Waals surface area contributed by atoms with Gasteiger partial charge in [0.2, 0.25) is 0 Å². The molecule has 8 heteroatoms. The van der Waals surface area contributed by atoms with E-state index in [0.29, 0.717) is 0 Å². The third kappa shape index (κ3) is 3.17. The van der Waals surface area contributed by atoms with Gasteiger partial charge in [0.1, 0.15) is 9.81 Å². The van der Waals surface area contributed by atoms with E-state index in [0.717, 1.165) is 25.9 Å². The van der Waals surface area contributed by atoms with Crippen LogP contribution < -0.4 is 5.32 Å². The minimum Gasteiger partial charge on any atom is -0.465 e. The Labute approximate surface area is 165 Å². The molecule has 0 aromatic heterocycles. The normalized spacial score (nSPS) is 18.4. The summed E-state index contributed by atoms with van der Waals surface area (Å²) in [5.41, 5.74) is 2.32. The molecule has 136 valence electrons. The van der Waals surface area contributed by atoms with Crippen molar-refractivity contribution in [2.75, 3.05) is 19.5 Å². The Kier molecular flexibility index (Phi) is 5.18. The highest BCUT2D eigenvalue weighted by Gasteiger charge is 2.39. The van der Waals surface area contributed by atoms with Gasteiger partial charge in [0.15, 0.2) is 0 Å². The molecule has 0 fully saturated rings. The van der Waals surface area contributed by atoms with Crippen LogP contribution in [0.2, 0.25) is 0 Å². The third-order valence-electron chi connectivity index (χ3n) is 3.98. The summed E-state index contributed by atoms with van der Waals surface area (Å²) in [6.07, 6.45) is 0. The number of carbonyl (C=O) groups is 2. The first-order valence-electron chi connectivity index (χ1n) is 7.73. The van der Waals surface area contributed by atoms with Crippen molar-refractivity contribution >= 4 is 63.8 Å². The average Bonchev–Trinajstić information content (AvgIpc) is 3.06.